The van der Waals surface area contributed by atoms with Gasteiger partial charge in [0.15, 0.2) is 5.96 Å². The van der Waals surface area contributed by atoms with Gasteiger partial charge in [-0.15, -0.1) is 0 Å². The third-order valence-electron chi connectivity index (χ3n) is 4.40. The van der Waals surface area contributed by atoms with E-state index in [4.69, 9.17) is 4.74 Å². The zero-order chi connectivity index (χ0) is 21.4. The van der Waals surface area contributed by atoms with E-state index in [2.05, 4.69) is 26.3 Å². The molecular weight excluding hydrogens is 358 g/mol. The molecule has 0 radical (unpaired) electrons. The Morgan fingerprint density at radius 1 is 0.893 bits per heavy atom. The Balaban J connectivity index is 2.27. The molecule has 1 saturated carbocycles. The van der Waals surface area contributed by atoms with E-state index in [-0.39, 0.29) is 23.5 Å². The fourth-order valence-electron chi connectivity index (χ4n) is 2.87. The molecule has 1 rings (SSSR count). The average Bonchev–Trinajstić information content (AvgIpc) is 2.56. The highest BCUT2D eigenvalue weighted by Crippen LogP contribution is 2.19. The van der Waals surface area contributed by atoms with E-state index in [9.17, 15) is 9.59 Å². The molecule has 162 valence electrons. The van der Waals surface area contributed by atoms with Crippen molar-refractivity contribution in [1.29, 1.82) is 0 Å². The molecule has 1 aliphatic carbocycles. The number of hydrogen-bond acceptors (Lipinski definition) is 4. The van der Waals surface area contributed by atoms with E-state index in [0.717, 1.165) is 31.6 Å². The van der Waals surface area contributed by atoms with E-state index in [1.54, 1.807) is 7.05 Å². The quantitative estimate of drug-likeness (QED) is 0.323. The van der Waals surface area contributed by atoms with Gasteiger partial charge in [0, 0.05) is 37.6 Å². The summed E-state index contributed by atoms with van der Waals surface area (Å²) in [5.74, 6) is 0.765. The lowest BCUT2D eigenvalue weighted by molar-refractivity contribution is -0.128. The van der Waals surface area contributed by atoms with Crippen LogP contribution in [0.2, 0.25) is 0 Å². The molecule has 0 atom stereocenters. The smallest absolute Gasteiger partial charge is 0.407 e. The lowest BCUT2D eigenvalue weighted by atomic mass is 9.91. The molecule has 1 fully saturated rings. The largest absolute Gasteiger partial charge is 0.444 e. The van der Waals surface area contributed by atoms with Gasteiger partial charge in [0.05, 0.1) is 0 Å². The van der Waals surface area contributed by atoms with E-state index in [0.29, 0.717) is 19.1 Å². The SMILES string of the molecule is CN=C(NCCNC(=O)C(C)(C)C)NC1CCC(NC(=O)OC(C)(C)C)CC1. The van der Waals surface area contributed by atoms with Crippen molar-refractivity contribution in [2.75, 3.05) is 20.1 Å². The number of aliphatic imine (C=N–C) groups is 1. The first-order valence-corrected chi connectivity index (χ1v) is 10.2. The summed E-state index contributed by atoms with van der Waals surface area (Å²) in [6, 6.07) is 0.461. The predicted molar refractivity (Wildman–Crippen MR) is 112 cm³/mol. The summed E-state index contributed by atoms with van der Waals surface area (Å²) in [5, 5.41) is 12.5. The number of ether oxygens (including phenoxy) is 1. The topological polar surface area (TPSA) is 104 Å². The first-order chi connectivity index (χ1) is 12.9. The molecule has 0 saturated heterocycles. The van der Waals surface area contributed by atoms with Crippen LogP contribution in [0.3, 0.4) is 0 Å². The Bertz CT molecular complexity index is 541. The normalized spacial score (nSPS) is 20.9. The van der Waals surface area contributed by atoms with Crippen molar-refractivity contribution < 1.29 is 14.3 Å². The number of guanidine groups is 1. The molecule has 0 bridgehead atoms. The van der Waals surface area contributed by atoms with Crippen LogP contribution in [0.5, 0.6) is 0 Å². The predicted octanol–water partition coefficient (Wildman–Crippen LogP) is 2.15. The Labute approximate surface area is 169 Å². The summed E-state index contributed by atoms with van der Waals surface area (Å²) in [6.07, 6.45) is 3.34. The van der Waals surface area contributed by atoms with Crippen molar-refractivity contribution >= 4 is 18.0 Å². The van der Waals surface area contributed by atoms with Gasteiger partial charge in [-0.1, -0.05) is 20.8 Å². The zero-order valence-electron chi connectivity index (χ0n) is 18.6. The summed E-state index contributed by atoms with van der Waals surface area (Å²) in [5.41, 5.74) is -0.862. The van der Waals surface area contributed by atoms with Crippen LogP contribution in [-0.2, 0) is 9.53 Å². The van der Waals surface area contributed by atoms with Crippen molar-refractivity contribution in [3.63, 3.8) is 0 Å². The summed E-state index contributed by atoms with van der Waals surface area (Å²) in [4.78, 5) is 28.0. The molecular formula is C20H39N5O3. The first kappa shape index (κ1) is 24.0. The van der Waals surface area contributed by atoms with E-state index >= 15 is 0 Å². The Hall–Kier alpha value is -1.99. The van der Waals surface area contributed by atoms with Gasteiger partial charge in [-0.3, -0.25) is 9.79 Å². The van der Waals surface area contributed by atoms with Crippen molar-refractivity contribution in [1.82, 2.24) is 21.3 Å². The van der Waals surface area contributed by atoms with Crippen LogP contribution >= 0.6 is 0 Å². The summed E-state index contributed by atoms with van der Waals surface area (Å²) in [6.45, 7) is 12.4. The highest BCUT2D eigenvalue weighted by Gasteiger charge is 2.25. The minimum absolute atomic E-state index is 0.0352. The maximum atomic E-state index is 11.9. The van der Waals surface area contributed by atoms with E-state index in [1.165, 1.54) is 0 Å². The molecule has 8 nitrogen and oxygen atoms in total. The molecule has 0 spiro atoms. The van der Waals surface area contributed by atoms with Gasteiger partial charge in [0.25, 0.3) is 0 Å². The van der Waals surface area contributed by atoms with E-state index < -0.39 is 5.60 Å². The van der Waals surface area contributed by atoms with Gasteiger partial charge < -0.3 is 26.0 Å². The van der Waals surface area contributed by atoms with Crippen LogP contribution < -0.4 is 21.3 Å². The second-order valence-corrected chi connectivity index (χ2v) is 9.34. The third kappa shape index (κ3) is 9.80. The number of carbonyl (C=O) groups excluding carboxylic acids is 2. The van der Waals surface area contributed by atoms with Crippen LogP contribution in [-0.4, -0.2) is 55.8 Å². The van der Waals surface area contributed by atoms with Crippen molar-refractivity contribution in [2.24, 2.45) is 10.4 Å². The molecule has 0 aromatic heterocycles. The number of alkyl carbamates (subject to hydrolysis) is 1. The standard InChI is InChI=1S/C20H39N5O3/c1-19(2,3)16(26)22-12-13-23-17(21-7)24-14-8-10-15(11-9-14)25-18(27)28-20(4,5)6/h14-15H,8-13H2,1-7H3,(H,22,26)(H,25,27)(H2,21,23,24). The van der Waals surface area contributed by atoms with Crippen LogP contribution in [0.25, 0.3) is 0 Å². The van der Waals surface area contributed by atoms with E-state index in [1.807, 2.05) is 41.5 Å². The van der Waals surface area contributed by atoms with Crippen molar-refractivity contribution in [3.05, 3.63) is 0 Å². The molecule has 1 aliphatic rings. The highest BCUT2D eigenvalue weighted by atomic mass is 16.6. The third-order valence-corrected chi connectivity index (χ3v) is 4.40. The molecule has 0 aromatic carbocycles. The van der Waals surface area contributed by atoms with Gasteiger partial charge in [0.1, 0.15) is 5.60 Å². The molecule has 4 N–H and O–H groups in total. The summed E-state index contributed by atoms with van der Waals surface area (Å²) in [7, 11) is 1.73. The maximum absolute atomic E-state index is 11.9. The van der Waals surface area contributed by atoms with Gasteiger partial charge in [-0.2, -0.15) is 0 Å². The number of amides is 2. The maximum Gasteiger partial charge on any atom is 0.407 e. The molecule has 0 aliphatic heterocycles. The van der Waals surface area contributed by atoms with Crippen LogP contribution in [0.15, 0.2) is 4.99 Å². The van der Waals surface area contributed by atoms with Gasteiger partial charge >= 0.3 is 6.09 Å². The molecule has 0 heterocycles. The van der Waals surface area contributed by atoms with Crippen LogP contribution in [0.4, 0.5) is 4.79 Å². The zero-order valence-corrected chi connectivity index (χ0v) is 18.6. The minimum atomic E-state index is -0.479. The van der Waals surface area contributed by atoms with Gasteiger partial charge in [-0.05, 0) is 46.5 Å². The fourth-order valence-corrected chi connectivity index (χ4v) is 2.87. The lowest BCUT2D eigenvalue weighted by Gasteiger charge is -2.31. The Kier molecular flexibility index (Phi) is 9.04. The number of hydrogen-bond donors (Lipinski definition) is 4. The van der Waals surface area contributed by atoms with Gasteiger partial charge in [0.2, 0.25) is 5.91 Å². The Morgan fingerprint density at radius 2 is 1.39 bits per heavy atom. The molecule has 2 amide bonds. The number of nitrogens with one attached hydrogen (secondary N) is 4. The molecule has 0 aromatic rings. The lowest BCUT2D eigenvalue weighted by Crippen LogP contribution is -2.49. The molecule has 8 heteroatoms. The summed E-state index contributed by atoms with van der Waals surface area (Å²) < 4.78 is 5.32. The minimum Gasteiger partial charge on any atom is -0.444 e. The number of rotatable bonds is 5. The molecule has 28 heavy (non-hydrogen) atoms. The second kappa shape index (κ2) is 10.5. The number of carbonyl (C=O) groups is 2. The van der Waals surface area contributed by atoms with Crippen molar-refractivity contribution in [3.8, 4) is 0 Å². The van der Waals surface area contributed by atoms with Crippen LogP contribution in [0, 0.1) is 5.41 Å². The fraction of sp³-hybridized carbons (Fsp3) is 0.850. The van der Waals surface area contributed by atoms with Crippen molar-refractivity contribution in [2.45, 2.75) is 84.9 Å². The van der Waals surface area contributed by atoms with Crippen LogP contribution in [0.1, 0.15) is 67.2 Å². The summed E-state index contributed by atoms with van der Waals surface area (Å²) >= 11 is 0. The average molecular weight is 398 g/mol. The highest BCUT2D eigenvalue weighted by molar-refractivity contribution is 5.82. The van der Waals surface area contributed by atoms with Gasteiger partial charge in [-0.25, -0.2) is 4.79 Å². The monoisotopic (exact) mass is 397 g/mol. The Morgan fingerprint density at radius 3 is 1.86 bits per heavy atom. The number of nitrogens with zero attached hydrogens (tertiary/aromatic N) is 1. The molecule has 0 unspecified atom stereocenters. The first-order valence-electron chi connectivity index (χ1n) is 10.2. The second-order valence-electron chi connectivity index (χ2n) is 9.34.